The lowest BCUT2D eigenvalue weighted by Gasteiger charge is -2.08. The molecule has 0 atom stereocenters. The van der Waals surface area contributed by atoms with E-state index in [9.17, 15) is 0 Å². The molecule has 1 N–H and O–H groups in total. The van der Waals surface area contributed by atoms with Crippen LogP contribution in [-0.2, 0) is 0 Å². The summed E-state index contributed by atoms with van der Waals surface area (Å²) in [6.45, 7) is 2.24. The second-order valence-corrected chi connectivity index (χ2v) is 5.57. The Labute approximate surface area is 98.5 Å². The van der Waals surface area contributed by atoms with E-state index in [1.165, 1.54) is 17.5 Å². The Morgan fingerprint density at radius 1 is 1.44 bits per heavy atom. The summed E-state index contributed by atoms with van der Waals surface area (Å²) in [5.41, 5.74) is 1.33. The van der Waals surface area contributed by atoms with E-state index in [-0.39, 0.29) is 5.54 Å². The van der Waals surface area contributed by atoms with Crippen LogP contribution in [0.25, 0.3) is 10.2 Å². The van der Waals surface area contributed by atoms with Gasteiger partial charge in [-0.05, 0) is 38.0 Å². The van der Waals surface area contributed by atoms with Gasteiger partial charge in [0, 0.05) is 5.54 Å². The zero-order chi connectivity index (χ0) is 11.2. The van der Waals surface area contributed by atoms with Crippen molar-refractivity contribution in [2.75, 3.05) is 12.4 Å². The highest BCUT2D eigenvalue weighted by Gasteiger charge is 2.37. The molecule has 1 aliphatic carbocycles. The lowest BCUT2D eigenvalue weighted by Crippen LogP contribution is -2.15. The first-order valence-corrected chi connectivity index (χ1v) is 6.23. The van der Waals surface area contributed by atoms with Gasteiger partial charge in [-0.25, -0.2) is 4.98 Å². The lowest BCUT2D eigenvalue weighted by atomic mass is 10.3. The number of benzene rings is 1. The third kappa shape index (κ3) is 1.73. The quantitative estimate of drug-likeness (QED) is 0.885. The summed E-state index contributed by atoms with van der Waals surface area (Å²) < 4.78 is 6.38. The van der Waals surface area contributed by atoms with Crippen molar-refractivity contribution in [3.63, 3.8) is 0 Å². The van der Waals surface area contributed by atoms with Crippen LogP contribution in [0.15, 0.2) is 18.2 Å². The zero-order valence-electron chi connectivity index (χ0n) is 9.41. The van der Waals surface area contributed by atoms with Crippen LogP contribution in [-0.4, -0.2) is 17.6 Å². The average molecular weight is 234 g/mol. The van der Waals surface area contributed by atoms with Crippen molar-refractivity contribution < 1.29 is 4.74 Å². The molecule has 4 heteroatoms. The fraction of sp³-hybridized carbons (Fsp3) is 0.417. The molecule has 0 bridgehead atoms. The van der Waals surface area contributed by atoms with Crippen molar-refractivity contribution in [1.82, 2.24) is 4.98 Å². The van der Waals surface area contributed by atoms with Crippen LogP contribution >= 0.6 is 11.3 Å². The van der Waals surface area contributed by atoms with Crippen molar-refractivity contribution in [3.05, 3.63) is 18.2 Å². The average Bonchev–Trinajstić information content (AvgIpc) is 2.86. The highest BCUT2D eigenvalue weighted by molar-refractivity contribution is 7.22. The summed E-state index contributed by atoms with van der Waals surface area (Å²) in [6, 6.07) is 5.99. The molecule has 2 aromatic rings. The molecule has 0 radical (unpaired) electrons. The molecule has 1 heterocycles. The number of thiazole rings is 1. The number of nitrogens with one attached hydrogen (secondary N) is 1. The number of hydrogen-bond acceptors (Lipinski definition) is 4. The molecule has 0 aliphatic heterocycles. The largest absolute Gasteiger partial charge is 0.497 e. The summed E-state index contributed by atoms with van der Waals surface area (Å²) in [4.78, 5) is 4.57. The molecule has 1 fully saturated rings. The summed E-state index contributed by atoms with van der Waals surface area (Å²) in [5.74, 6) is 0.889. The van der Waals surface area contributed by atoms with E-state index >= 15 is 0 Å². The SMILES string of the molecule is COc1ccc2nc(NC3(C)CC3)sc2c1. The number of nitrogens with zero attached hydrogens (tertiary/aromatic N) is 1. The molecule has 1 saturated carbocycles. The number of aromatic nitrogens is 1. The minimum Gasteiger partial charge on any atom is -0.497 e. The summed E-state index contributed by atoms with van der Waals surface area (Å²) in [5, 5.41) is 4.50. The maximum absolute atomic E-state index is 5.20. The Bertz CT molecular complexity index is 531. The fourth-order valence-corrected chi connectivity index (χ4v) is 2.70. The van der Waals surface area contributed by atoms with Crippen LogP contribution in [0, 0.1) is 0 Å². The highest BCUT2D eigenvalue weighted by atomic mass is 32.1. The van der Waals surface area contributed by atoms with E-state index in [0.717, 1.165) is 16.4 Å². The molecule has 3 rings (SSSR count). The number of methoxy groups -OCH3 is 1. The molecule has 1 aromatic heterocycles. The molecule has 84 valence electrons. The Hall–Kier alpha value is -1.29. The third-order valence-electron chi connectivity index (χ3n) is 3.00. The predicted molar refractivity (Wildman–Crippen MR) is 67.4 cm³/mol. The molecule has 0 spiro atoms. The van der Waals surface area contributed by atoms with Crippen molar-refractivity contribution in [1.29, 1.82) is 0 Å². The highest BCUT2D eigenvalue weighted by Crippen LogP contribution is 2.40. The van der Waals surface area contributed by atoms with Gasteiger partial charge in [-0.2, -0.15) is 0 Å². The summed E-state index contributed by atoms with van der Waals surface area (Å²) in [6.07, 6.45) is 2.48. The van der Waals surface area contributed by atoms with Crippen LogP contribution in [0.5, 0.6) is 5.75 Å². The van der Waals surface area contributed by atoms with Crippen LogP contribution in [0.3, 0.4) is 0 Å². The maximum Gasteiger partial charge on any atom is 0.184 e. The Morgan fingerprint density at radius 2 is 2.25 bits per heavy atom. The van der Waals surface area contributed by atoms with Crippen molar-refractivity contribution in [2.24, 2.45) is 0 Å². The molecular weight excluding hydrogens is 220 g/mol. The van der Waals surface area contributed by atoms with E-state index in [0.29, 0.717) is 0 Å². The number of ether oxygens (including phenoxy) is 1. The zero-order valence-corrected chi connectivity index (χ0v) is 10.2. The Kier molecular flexibility index (Phi) is 2.07. The molecule has 0 saturated heterocycles. The number of fused-ring (bicyclic) bond motifs is 1. The molecule has 0 unspecified atom stereocenters. The van der Waals surface area contributed by atoms with Crippen LogP contribution in [0.1, 0.15) is 19.8 Å². The minimum atomic E-state index is 0.290. The minimum absolute atomic E-state index is 0.290. The van der Waals surface area contributed by atoms with E-state index < -0.39 is 0 Å². The first kappa shape index (κ1) is 9.90. The van der Waals surface area contributed by atoms with Gasteiger partial charge in [-0.1, -0.05) is 11.3 Å². The Morgan fingerprint density at radius 3 is 2.94 bits per heavy atom. The molecule has 1 aromatic carbocycles. The topological polar surface area (TPSA) is 34.1 Å². The van der Waals surface area contributed by atoms with Gasteiger partial charge < -0.3 is 10.1 Å². The van der Waals surface area contributed by atoms with E-state index in [2.05, 4.69) is 17.2 Å². The Balaban J connectivity index is 1.95. The fourth-order valence-electron chi connectivity index (χ4n) is 1.66. The first-order chi connectivity index (χ1) is 7.68. The van der Waals surface area contributed by atoms with E-state index in [1.807, 2.05) is 18.2 Å². The predicted octanol–water partition coefficient (Wildman–Crippen LogP) is 3.27. The van der Waals surface area contributed by atoms with Gasteiger partial charge >= 0.3 is 0 Å². The van der Waals surface area contributed by atoms with E-state index in [4.69, 9.17) is 4.74 Å². The van der Waals surface area contributed by atoms with Crippen LogP contribution in [0.4, 0.5) is 5.13 Å². The monoisotopic (exact) mass is 234 g/mol. The summed E-state index contributed by atoms with van der Waals surface area (Å²) in [7, 11) is 1.69. The van der Waals surface area contributed by atoms with Crippen LogP contribution < -0.4 is 10.1 Å². The van der Waals surface area contributed by atoms with Crippen molar-refractivity contribution >= 4 is 26.7 Å². The van der Waals surface area contributed by atoms with Gasteiger partial charge in [0.25, 0.3) is 0 Å². The van der Waals surface area contributed by atoms with Gasteiger partial charge in [0.1, 0.15) is 5.75 Å². The lowest BCUT2D eigenvalue weighted by molar-refractivity contribution is 0.415. The third-order valence-corrected chi connectivity index (χ3v) is 3.94. The molecular formula is C12H14N2OS. The first-order valence-electron chi connectivity index (χ1n) is 5.41. The van der Waals surface area contributed by atoms with Gasteiger partial charge in [-0.3, -0.25) is 0 Å². The van der Waals surface area contributed by atoms with Crippen molar-refractivity contribution in [3.8, 4) is 5.75 Å². The molecule has 0 amide bonds. The standard InChI is InChI=1S/C12H14N2OS/c1-12(5-6-12)14-11-13-9-4-3-8(15-2)7-10(9)16-11/h3-4,7H,5-6H2,1-2H3,(H,13,14). The van der Waals surface area contributed by atoms with Gasteiger partial charge in [-0.15, -0.1) is 0 Å². The normalized spacial score (nSPS) is 17.4. The van der Waals surface area contributed by atoms with Crippen LogP contribution in [0.2, 0.25) is 0 Å². The number of rotatable bonds is 3. The van der Waals surface area contributed by atoms with E-state index in [1.54, 1.807) is 18.4 Å². The van der Waals surface area contributed by atoms with Gasteiger partial charge in [0.05, 0.1) is 17.3 Å². The van der Waals surface area contributed by atoms with Crippen molar-refractivity contribution in [2.45, 2.75) is 25.3 Å². The maximum atomic E-state index is 5.20. The van der Waals surface area contributed by atoms with Gasteiger partial charge in [0.2, 0.25) is 0 Å². The van der Waals surface area contributed by atoms with Gasteiger partial charge in [0.15, 0.2) is 5.13 Å². The number of hydrogen-bond donors (Lipinski definition) is 1. The second kappa shape index (κ2) is 3.35. The second-order valence-electron chi connectivity index (χ2n) is 4.54. The number of anilines is 1. The molecule has 1 aliphatic rings. The molecule has 3 nitrogen and oxygen atoms in total. The summed E-state index contributed by atoms with van der Waals surface area (Å²) >= 11 is 1.69. The molecule has 16 heavy (non-hydrogen) atoms. The smallest absolute Gasteiger partial charge is 0.184 e.